The second-order valence-electron chi connectivity index (χ2n) is 10.1. The molecule has 2 aromatic carbocycles. The highest BCUT2D eigenvalue weighted by molar-refractivity contribution is 6.76. The van der Waals surface area contributed by atoms with E-state index in [4.69, 9.17) is 21.3 Å². The summed E-state index contributed by atoms with van der Waals surface area (Å²) in [6.45, 7) is 7.94. The van der Waals surface area contributed by atoms with Crippen LogP contribution in [0.1, 0.15) is 37.3 Å². The van der Waals surface area contributed by atoms with Crippen LogP contribution in [0.5, 0.6) is 0 Å². The summed E-state index contributed by atoms with van der Waals surface area (Å²) in [7, 11) is -1.21. The molecule has 0 saturated heterocycles. The second-order valence-corrected chi connectivity index (χ2v) is 16.2. The van der Waals surface area contributed by atoms with Crippen molar-refractivity contribution in [1.29, 1.82) is 0 Å². The molecule has 1 aliphatic rings. The standard InChI is InChI=1S/C25H32ClF2N3OSi/c1-33(2,3)15-14-32-16-31-21-11-7-6-10-20(21)29-25(31)30-24(17-8-4-5-9-17)22-19(27)13-12-18(26)23(22)28/h6-7,10-13,17,24H,4-5,8-9,14-16H2,1-3H3,(H,29,30)/t24-/m0/s1. The first kappa shape index (κ1) is 24.2. The van der Waals surface area contributed by atoms with E-state index in [9.17, 15) is 4.39 Å². The Morgan fingerprint density at radius 3 is 2.61 bits per heavy atom. The molecule has 178 valence electrons. The number of benzene rings is 2. The predicted molar refractivity (Wildman–Crippen MR) is 134 cm³/mol. The molecule has 0 unspecified atom stereocenters. The zero-order valence-electron chi connectivity index (χ0n) is 19.5. The summed E-state index contributed by atoms with van der Waals surface area (Å²) in [5.74, 6) is -0.640. The van der Waals surface area contributed by atoms with Crippen LogP contribution in [-0.4, -0.2) is 24.2 Å². The number of fused-ring (bicyclic) bond motifs is 1. The van der Waals surface area contributed by atoms with Gasteiger partial charge in [-0.05, 0) is 49.1 Å². The highest BCUT2D eigenvalue weighted by Crippen LogP contribution is 2.41. The van der Waals surface area contributed by atoms with Gasteiger partial charge < -0.3 is 10.1 Å². The molecule has 1 atom stereocenters. The Labute approximate surface area is 200 Å². The highest BCUT2D eigenvalue weighted by Gasteiger charge is 2.32. The average Bonchev–Trinajstić information content (AvgIpc) is 3.41. The Morgan fingerprint density at radius 2 is 1.88 bits per heavy atom. The topological polar surface area (TPSA) is 39.1 Å². The summed E-state index contributed by atoms with van der Waals surface area (Å²) >= 11 is 6.05. The minimum atomic E-state index is -1.21. The van der Waals surface area contributed by atoms with Gasteiger partial charge in [0.25, 0.3) is 0 Å². The highest BCUT2D eigenvalue weighted by atomic mass is 35.5. The smallest absolute Gasteiger partial charge is 0.206 e. The van der Waals surface area contributed by atoms with Crippen LogP contribution in [0.2, 0.25) is 30.7 Å². The molecule has 0 amide bonds. The molecular weight excluding hydrogens is 460 g/mol. The lowest BCUT2D eigenvalue weighted by Gasteiger charge is -2.27. The zero-order chi connectivity index (χ0) is 23.6. The molecule has 4 nitrogen and oxygen atoms in total. The van der Waals surface area contributed by atoms with Crippen LogP contribution in [-0.2, 0) is 11.5 Å². The molecule has 1 fully saturated rings. The summed E-state index contributed by atoms with van der Waals surface area (Å²) in [5.41, 5.74) is 1.73. The zero-order valence-corrected chi connectivity index (χ0v) is 21.3. The normalized spacial score (nSPS) is 15.9. The van der Waals surface area contributed by atoms with Crippen molar-refractivity contribution in [2.24, 2.45) is 5.92 Å². The first-order valence-corrected chi connectivity index (χ1v) is 15.8. The number of halogens is 3. The van der Waals surface area contributed by atoms with Gasteiger partial charge in [-0.25, -0.2) is 13.8 Å². The van der Waals surface area contributed by atoms with E-state index in [1.165, 1.54) is 12.1 Å². The lowest BCUT2D eigenvalue weighted by atomic mass is 9.91. The largest absolute Gasteiger partial charge is 0.361 e. The van der Waals surface area contributed by atoms with Gasteiger partial charge in [-0.15, -0.1) is 0 Å². The molecule has 1 heterocycles. The van der Waals surface area contributed by atoms with Gasteiger partial charge in [-0.2, -0.15) is 0 Å². The SMILES string of the molecule is C[Si](C)(C)CCOCn1c(N[C@H](c2c(F)ccc(Cl)c2F)C2CCCC2)nc2ccccc21. The maximum absolute atomic E-state index is 15.1. The lowest BCUT2D eigenvalue weighted by molar-refractivity contribution is 0.0910. The molecule has 1 saturated carbocycles. The van der Waals surface area contributed by atoms with Crippen LogP contribution in [0, 0.1) is 17.6 Å². The minimum Gasteiger partial charge on any atom is -0.361 e. The number of nitrogens with one attached hydrogen (secondary N) is 1. The van der Waals surface area contributed by atoms with Crippen molar-refractivity contribution in [2.75, 3.05) is 11.9 Å². The van der Waals surface area contributed by atoms with Crippen LogP contribution in [0.15, 0.2) is 36.4 Å². The Bertz CT molecular complexity index is 1110. The van der Waals surface area contributed by atoms with Gasteiger partial charge in [-0.3, -0.25) is 4.57 Å². The van der Waals surface area contributed by atoms with Crippen LogP contribution < -0.4 is 5.32 Å². The van der Waals surface area contributed by atoms with Crippen molar-refractivity contribution in [2.45, 2.75) is 64.1 Å². The first-order chi connectivity index (χ1) is 15.7. The lowest BCUT2D eigenvalue weighted by Crippen LogP contribution is -2.24. The number of nitrogens with zero attached hydrogens (tertiary/aromatic N) is 2. The predicted octanol–water partition coefficient (Wildman–Crippen LogP) is 7.62. The number of aromatic nitrogens is 2. The van der Waals surface area contributed by atoms with E-state index in [2.05, 4.69) is 25.0 Å². The number of hydrogen-bond donors (Lipinski definition) is 1. The van der Waals surface area contributed by atoms with E-state index in [1.807, 2.05) is 28.8 Å². The van der Waals surface area contributed by atoms with Gasteiger partial charge in [0, 0.05) is 20.2 Å². The molecule has 0 spiro atoms. The number of imidazole rings is 1. The van der Waals surface area contributed by atoms with Gasteiger partial charge in [0.2, 0.25) is 5.95 Å². The molecule has 8 heteroatoms. The van der Waals surface area contributed by atoms with Crippen LogP contribution in [0.25, 0.3) is 11.0 Å². The molecule has 1 aromatic heterocycles. The monoisotopic (exact) mass is 491 g/mol. The molecule has 0 radical (unpaired) electrons. The van der Waals surface area contributed by atoms with Crippen LogP contribution in [0.4, 0.5) is 14.7 Å². The summed E-state index contributed by atoms with van der Waals surface area (Å²) in [4.78, 5) is 4.76. The molecule has 1 N–H and O–H groups in total. The molecule has 4 rings (SSSR count). The molecule has 0 bridgehead atoms. The molecule has 3 aromatic rings. The van der Waals surface area contributed by atoms with Gasteiger partial charge >= 0.3 is 0 Å². The van der Waals surface area contributed by atoms with Gasteiger partial charge in [0.05, 0.1) is 22.1 Å². The third-order valence-electron chi connectivity index (χ3n) is 6.42. The van der Waals surface area contributed by atoms with Gasteiger partial charge in [0.1, 0.15) is 18.4 Å². The van der Waals surface area contributed by atoms with Crippen LogP contribution in [0.3, 0.4) is 0 Å². The van der Waals surface area contributed by atoms with Crippen molar-refractivity contribution in [3.8, 4) is 0 Å². The maximum Gasteiger partial charge on any atom is 0.206 e. The molecule has 0 aliphatic heterocycles. The number of rotatable bonds is 9. The minimum absolute atomic E-state index is 0.00680. The number of hydrogen-bond acceptors (Lipinski definition) is 3. The summed E-state index contributed by atoms with van der Waals surface area (Å²) in [5, 5.41) is 3.33. The van der Waals surface area contributed by atoms with Crippen LogP contribution >= 0.6 is 11.6 Å². The van der Waals surface area contributed by atoms with Gasteiger partial charge in [-0.1, -0.05) is 56.2 Å². The summed E-state index contributed by atoms with van der Waals surface area (Å²) in [6.07, 6.45) is 3.89. The van der Waals surface area contributed by atoms with Crippen molar-refractivity contribution in [1.82, 2.24) is 9.55 Å². The third-order valence-corrected chi connectivity index (χ3v) is 8.41. The Balaban J connectivity index is 1.68. The second kappa shape index (κ2) is 10.1. The average molecular weight is 492 g/mol. The van der Waals surface area contributed by atoms with Crippen molar-refractivity contribution in [3.63, 3.8) is 0 Å². The van der Waals surface area contributed by atoms with E-state index in [-0.39, 0.29) is 16.5 Å². The van der Waals surface area contributed by atoms with Gasteiger partial charge in [0.15, 0.2) is 0 Å². The van der Waals surface area contributed by atoms with E-state index < -0.39 is 25.8 Å². The third kappa shape index (κ3) is 5.58. The Hall–Kier alpha value is -1.96. The molecule has 1 aliphatic carbocycles. The van der Waals surface area contributed by atoms with E-state index in [0.717, 1.165) is 42.8 Å². The fourth-order valence-corrected chi connectivity index (χ4v) is 5.46. The summed E-state index contributed by atoms with van der Waals surface area (Å²) < 4.78 is 38.0. The van der Waals surface area contributed by atoms with Crippen molar-refractivity contribution in [3.05, 3.63) is 58.6 Å². The quantitative estimate of drug-likeness (QED) is 0.190. The van der Waals surface area contributed by atoms with Crippen molar-refractivity contribution < 1.29 is 13.5 Å². The summed E-state index contributed by atoms with van der Waals surface area (Å²) in [6, 6.07) is 10.8. The molecular formula is C25H32ClF2N3OSi. The molecule has 33 heavy (non-hydrogen) atoms. The number of anilines is 1. The fraction of sp³-hybridized carbons (Fsp3) is 0.480. The van der Waals surface area contributed by atoms with E-state index >= 15 is 4.39 Å². The van der Waals surface area contributed by atoms with E-state index in [0.29, 0.717) is 19.3 Å². The first-order valence-electron chi connectivity index (χ1n) is 11.7. The number of para-hydroxylation sites is 2. The van der Waals surface area contributed by atoms with E-state index in [1.54, 1.807) is 0 Å². The maximum atomic E-state index is 15.1. The Kier molecular flexibility index (Phi) is 7.41. The Morgan fingerprint density at radius 1 is 1.15 bits per heavy atom. The van der Waals surface area contributed by atoms with Crippen molar-refractivity contribution >= 4 is 36.7 Å². The fourth-order valence-electron chi connectivity index (χ4n) is 4.53. The number of ether oxygens (including phenoxy) is 1.